The summed E-state index contributed by atoms with van der Waals surface area (Å²) in [5.41, 5.74) is 6.41. The number of amides is 1. The van der Waals surface area contributed by atoms with Crippen LogP contribution in [0, 0.1) is 5.92 Å². The lowest BCUT2D eigenvalue weighted by molar-refractivity contribution is 0.0675. The molecule has 1 unspecified atom stereocenters. The van der Waals surface area contributed by atoms with Crippen LogP contribution in [0.2, 0.25) is 0 Å². The number of likely N-dealkylation sites (tertiary alicyclic amines) is 1. The molecule has 0 bridgehead atoms. The van der Waals surface area contributed by atoms with Crippen LogP contribution in [0.3, 0.4) is 0 Å². The van der Waals surface area contributed by atoms with Gasteiger partial charge in [0.1, 0.15) is 5.69 Å². The van der Waals surface area contributed by atoms with Crippen LogP contribution in [-0.2, 0) is 0 Å². The minimum Gasteiger partial charge on any atom is -0.337 e. The molecule has 98 valence electrons. The summed E-state index contributed by atoms with van der Waals surface area (Å²) in [7, 11) is 0. The Hall–Kier alpha value is -0.940. The van der Waals surface area contributed by atoms with E-state index in [-0.39, 0.29) is 11.9 Å². The molecule has 0 aromatic carbocycles. The number of halogens is 1. The lowest BCUT2D eigenvalue weighted by atomic mass is 9.91. The molecule has 0 aliphatic carbocycles. The highest BCUT2D eigenvalue weighted by atomic mass is 79.9. The summed E-state index contributed by atoms with van der Waals surface area (Å²) in [6.45, 7) is 3.60. The normalized spacial score (nSPS) is 18.7. The van der Waals surface area contributed by atoms with Crippen molar-refractivity contribution in [3.8, 4) is 0 Å². The van der Waals surface area contributed by atoms with E-state index < -0.39 is 0 Å². The average molecular weight is 312 g/mol. The van der Waals surface area contributed by atoms with Gasteiger partial charge in [-0.3, -0.25) is 4.79 Å². The molecular weight excluding hydrogens is 294 g/mol. The number of aromatic nitrogens is 1. The molecule has 4 nitrogen and oxygen atoms in total. The van der Waals surface area contributed by atoms with Crippen LogP contribution >= 0.6 is 15.9 Å². The number of rotatable bonds is 2. The van der Waals surface area contributed by atoms with E-state index in [4.69, 9.17) is 5.73 Å². The number of piperidine rings is 1. The Labute approximate surface area is 116 Å². The standard InChI is InChI=1S/C13H18BrN3O/c1-9(15)10-4-6-17(7-5-10)13(18)12-3-2-11(14)8-16-12/h2-3,8-10H,4-7,15H2,1H3. The third-order valence-electron chi connectivity index (χ3n) is 3.52. The second kappa shape index (κ2) is 5.80. The van der Waals surface area contributed by atoms with Gasteiger partial charge in [-0.1, -0.05) is 0 Å². The van der Waals surface area contributed by atoms with Crippen molar-refractivity contribution in [2.24, 2.45) is 11.7 Å². The molecule has 0 radical (unpaired) electrons. The van der Waals surface area contributed by atoms with Gasteiger partial charge in [0, 0.05) is 29.8 Å². The van der Waals surface area contributed by atoms with Crippen molar-refractivity contribution in [3.05, 3.63) is 28.5 Å². The van der Waals surface area contributed by atoms with Gasteiger partial charge < -0.3 is 10.6 Å². The highest BCUT2D eigenvalue weighted by Crippen LogP contribution is 2.20. The number of nitrogens with zero attached hydrogens (tertiary/aromatic N) is 2. The Morgan fingerprint density at radius 2 is 2.17 bits per heavy atom. The Bertz CT molecular complexity index is 411. The average Bonchev–Trinajstić information content (AvgIpc) is 2.39. The summed E-state index contributed by atoms with van der Waals surface area (Å²) >= 11 is 3.31. The largest absolute Gasteiger partial charge is 0.337 e. The van der Waals surface area contributed by atoms with Crippen LogP contribution in [-0.4, -0.2) is 34.9 Å². The molecule has 1 aliphatic heterocycles. The molecule has 2 heterocycles. The summed E-state index contributed by atoms with van der Waals surface area (Å²) in [5.74, 6) is 0.553. The SMILES string of the molecule is CC(N)C1CCN(C(=O)c2ccc(Br)cn2)CC1. The Kier molecular flexibility index (Phi) is 4.35. The quantitative estimate of drug-likeness (QED) is 0.909. The van der Waals surface area contributed by atoms with Crippen LogP contribution in [0.25, 0.3) is 0 Å². The van der Waals surface area contributed by atoms with Crippen LogP contribution in [0.1, 0.15) is 30.3 Å². The first kappa shape index (κ1) is 13.5. The van der Waals surface area contributed by atoms with Gasteiger partial charge in [-0.2, -0.15) is 0 Å². The molecule has 2 rings (SSSR count). The highest BCUT2D eigenvalue weighted by Gasteiger charge is 2.25. The number of nitrogens with two attached hydrogens (primary N) is 1. The van der Waals surface area contributed by atoms with Gasteiger partial charge in [0.2, 0.25) is 0 Å². The first-order chi connectivity index (χ1) is 8.58. The van der Waals surface area contributed by atoms with Crippen molar-refractivity contribution in [2.75, 3.05) is 13.1 Å². The van der Waals surface area contributed by atoms with E-state index in [0.717, 1.165) is 30.4 Å². The highest BCUT2D eigenvalue weighted by molar-refractivity contribution is 9.10. The third-order valence-corrected chi connectivity index (χ3v) is 3.99. The number of carbonyl (C=O) groups excluding carboxylic acids is 1. The fourth-order valence-corrected chi connectivity index (χ4v) is 2.53. The zero-order valence-corrected chi connectivity index (χ0v) is 12.1. The zero-order chi connectivity index (χ0) is 13.1. The molecule has 1 aromatic rings. The van der Waals surface area contributed by atoms with Gasteiger partial charge in [0.25, 0.3) is 5.91 Å². The third kappa shape index (κ3) is 3.09. The van der Waals surface area contributed by atoms with Crippen molar-refractivity contribution in [1.82, 2.24) is 9.88 Å². The summed E-state index contributed by atoms with van der Waals surface area (Å²) in [6.07, 6.45) is 3.63. The zero-order valence-electron chi connectivity index (χ0n) is 10.5. The fraction of sp³-hybridized carbons (Fsp3) is 0.538. The lowest BCUT2D eigenvalue weighted by Gasteiger charge is -2.33. The van der Waals surface area contributed by atoms with Crippen molar-refractivity contribution in [1.29, 1.82) is 0 Å². The van der Waals surface area contributed by atoms with Crippen molar-refractivity contribution >= 4 is 21.8 Å². The maximum absolute atomic E-state index is 12.2. The first-order valence-electron chi connectivity index (χ1n) is 6.24. The minimum atomic E-state index is 0.0191. The topological polar surface area (TPSA) is 59.2 Å². The maximum atomic E-state index is 12.2. The van der Waals surface area contributed by atoms with Crippen molar-refractivity contribution in [2.45, 2.75) is 25.8 Å². The fourth-order valence-electron chi connectivity index (χ4n) is 2.29. The van der Waals surface area contributed by atoms with E-state index in [0.29, 0.717) is 11.6 Å². The molecule has 1 amide bonds. The lowest BCUT2D eigenvalue weighted by Crippen LogP contribution is -2.42. The van der Waals surface area contributed by atoms with E-state index >= 15 is 0 Å². The van der Waals surface area contributed by atoms with E-state index in [2.05, 4.69) is 20.9 Å². The second-order valence-electron chi connectivity index (χ2n) is 4.85. The van der Waals surface area contributed by atoms with Gasteiger partial charge in [-0.05, 0) is 53.7 Å². The Morgan fingerprint density at radius 3 is 2.67 bits per heavy atom. The van der Waals surface area contributed by atoms with Crippen LogP contribution < -0.4 is 5.73 Å². The number of carbonyl (C=O) groups is 1. The predicted molar refractivity (Wildman–Crippen MR) is 74.2 cm³/mol. The second-order valence-corrected chi connectivity index (χ2v) is 5.77. The smallest absolute Gasteiger partial charge is 0.272 e. The van der Waals surface area contributed by atoms with Crippen molar-refractivity contribution < 1.29 is 4.79 Å². The van der Waals surface area contributed by atoms with Crippen LogP contribution in [0.15, 0.2) is 22.8 Å². The molecular formula is C13H18BrN3O. The molecule has 1 aromatic heterocycles. The molecule has 1 aliphatic rings. The van der Waals surface area contributed by atoms with Gasteiger partial charge in [0.15, 0.2) is 0 Å². The summed E-state index contributed by atoms with van der Waals surface area (Å²) < 4.78 is 0.884. The van der Waals surface area contributed by atoms with E-state index in [1.165, 1.54) is 0 Å². The molecule has 1 saturated heterocycles. The summed E-state index contributed by atoms with van der Waals surface area (Å²) in [6, 6.07) is 3.81. The first-order valence-corrected chi connectivity index (χ1v) is 7.03. The van der Waals surface area contributed by atoms with E-state index in [1.54, 1.807) is 12.3 Å². The van der Waals surface area contributed by atoms with Gasteiger partial charge in [0.05, 0.1) is 0 Å². The van der Waals surface area contributed by atoms with E-state index in [1.807, 2.05) is 17.9 Å². The van der Waals surface area contributed by atoms with E-state index in [9.17, 15) is 4.79 Å². The molecule has 1 fully saturated rings. The van der Waals surface area contributed by atoms with Crippen LogP contribution in [0.5, 0.6) is 0 Å². The molecule has 0 spiro atoms. The van der Waals surface area contributed by atoms with Crippen molar-refractivity contribution in [3.63, 3.8) is 0 Å². The number of hydrogen-bond acceptors (Lipinski definition) is 3. The Balaban J connectivity index is 1.97. The minimum absolute atomic E-state index is 0.0191. The summed E-state index contributed by atoms with van der Waals surface area (Å²) in [4.78, 5) is 18.2. The molecule has 18 heavy (non-hydrogen) atoms. The number of pyridine rings is 1. The number of hydrogen-bond donors (Lipinski definition) is 1. The molecule has 5 heteroatoms. The van der Waals surface area contributed by atoms with Gasteiger partial charge in [-0.15, -0.1) is 0 Å². The summed E-state index contributed by atoms with van der Waals surface area (Å²) in [5, 5.41) is 0. The maximum Gasteiger partial charge on any atom is 0.272 e. The molecule has 1 atom stereocenters. The van der Waals surface area contributed by atoms with Gasteiger partial charge >= 0.3 is 0 Å². The molecule has 2 N–H and O–H groups in total. The van der Waals surface area contributed by atoms with Crippen LogP contribution in [0.4, 0.5) is 0 Å². The Morgan fingerprint density at radius 1 is 1.50 bits per heavy atom. The van der Waals surface area contributed by atoms with Gasteiger partial charge in [-0.25, -0.2) is 4.98 Å². The monoisotopic (exact) mass is 311 g/mol. The predicted octanol–water partition coefficient (Wildman–Crippen LogP) is 2.04. The molecule has 0 saturated carbocycles.